The molecule has 4 atom stereocenters. The Morgan fingerprint density at radius 1 is 0.950 bits per heavy atom. The molecule has 4 unspecified atom stereocenters. The Labute approximate surface area is 247 Å². The summed E-state index contributed by atoms with van der Waals surface area (Å²) in [7, 11) is 0. The zero-order valence-electron chi connectivity index (χ0n) is 27.1. The van der Waals surface area contributed by atoms with Crippen molar-refractivity contribution >= 4 is 5.97 Å². The van der Waals surface area contributed by atoms with E-state index in [2.05, 4.69) is 59.8 Å². The van der Waals surface area contributed by atoms with Crippen LogP contribution in [-0.2, 0) is 9.53 Å². The number of aliphatic hydroxyl groups is 1. The quantitative estimate of drug-likeness (QED) is 0.102. The van der Waals surface area contributed by atoms with Gasteiger partial charge in [-0.05, 0) is 102 Å². The molecule has 1 aliphatic rings. The molecule has 0 saturated heterocycles. The molecule has 0 radical (unpaired) electrons. The first-order chi connectivity index (χ1) is 19.1. The number of hydrogen-bond donors (Lipinski definition) is 2. The first-order valence-corrected chi connectivity index (χ1v) is 16.3. The summed E-state index contributed by atoms with van der Waals surface area (Å²) in [6, 6.07) is 0. The molecular weight excluding hydrogens is 496 g/mol. The van der Waals surface area contributed by atoms with Crippen molar-refractivity contribution in [3.8, 4) is 0 Å². The fraction of sp³-hybridized carbons (Fsp3) is 0.750. The Hall–Kier alpha value is -1.81. The van der Waals surface area contributed by atoms with Crippen molar-refractivity contribution < 1.29 is 19.7 Å². The highest BCUT2D eigenvalue weighted by Crippen LogP contribution is 2.34. The van der Waals surface area contributed by atoms with Gasteiger partial charge in [0, 0.05) is 5.92 Å². The molecule has 1 rings (SSSR count). The molecule has 0 heterocycles. The van der Waals surface area contributed by atoms with Crippen LogP contribution in [0.25, 0.3) is 0 Å². The van der Waals surface area contributed by atoms with Gasteiger partial charge in [-0.25, -0.2) is 0 Å². The van der Waals surface area contributed by atoms with Crippen LogP contribution in [0.1, 0.15) is 145 Å². The lowest BCUT2D eigenvalue weighted by Crippen LogP contribution is -2.23. The van der Waals surface area contributed by atoms with Gasteiger partial charge in [-0.3, -0.25) is 4.79 Å². The summed E-state index contributed by atoms with van der Waals surface area (Å²) in [5.41, 5.74) is 5.23. The highest BCUT2D eigenvalue weighted by Gasteiger charge is 2.26. The predicted octanol–water partition coefficient (Wildman–Crippen LogP) is 10.3. The number of carbonyl (C=O) groups is 1. The zero-order chi connectivity index (χ0) is 29.9. The smallest absolute Gasteiger partial charge is 0.306 e. The lowest BCUT2D eigenvalue weighted by atomic mass is 9.84. The summed E-state index contributed by atoms with van der Waals surface area (Å²) in [6.07, 6.45) is 23.1. The molecule has 0 aliphatic heterocycles. The average Bonchev–Trinajstić information content (AvgIpc) is 2.91. The van der Waals surface area contributed by atoms with E-state index in [-0.39, 0.29) is 11.8 Å². The van der Waals surface area contributed by atoms with Crippen molar-refractivity contribution in [3.63, 3.8) is 0 Å². The minimum absolute atomic E-state index is 0.121. The minimum Gasteiger partial charge on any atom is -0.493 e. The summed E-state index contributed by atoms with van der Waals surface area (Å²) in [4.78, 5) is 10.9. The first kappa shape index (κ1) is 36.2. The van der Waals surface area contributed by atoms with Crippen LogP contribution < -0.4 is 0 Å². The van der Waals surface area contributed by atoms with Crippen LogP contribution >= 0.6 is 0 Å². The summed E-state index contributed by atoms with van der Waals surface area (Å²) >= 11 is 0. The largest absolute Gasteiger partial charge is 0.493 e. The van der Waals surface area contributed by atoms with Gasteiger partial charge in [-0.15, -0.1) is 0 Å². The second kappa shape index (κ2) is 21.0. The Morgan fingerprint density at radius 3 is 2.30 bits per heavy atom. The molecule has 1 aliphatic carbocycles. The Balaban J connectivity index is 2.39. The van der Waals surface area contributed by atoms with Crippen molar-refractivity contribution in [3.05, 3.63) is 46.3 Å². The highest BCUT2D eigenvalue weighted by molar-refractivity contribution is 5.69. The van der Waals surface area contributed by atoms with E-state index in [9.17, 15) is 9.90 Å². The maximum Gasteiger partial charge on any atom is 0.306 e. The third-order valence-corrected chi connectivity index (χ3v) is 8.68. The molecular formula is C36H62O4. The molecule has 0 amide bonds. The number of allylic oxidation sites excluding steroid dienone is 5. The minimum atomic E-state index is -0.706. The van der Waals surface area contributed by atoms with Crippen molar-refractivity contribution in [2.24, 2.45) is 17.8 Å². The van der Waals surface area contributed by atoms with Crippen LogP contribution in [-0.4, -0.2) is 28.9 Å². The monoisotopic (exact) mass is 558 g/mol. The molecule has 0 aromatic heterocycles. The fourth-order valence-corrected chi connectivity index (χ4v) is 5.33. The number of carboxylic acids is 1. The maximum absolute atomic E-state index is 10.9. The SMILES string of the molecule is CCCCCCCCOC1=C(C)C(C)C(O)C=C1CCC(C)CCC/C(C)=C/CC/C(C)=C/CCC(C)C(=O)O. The van der Waals surface area contributed by atoms with E-state index in [4.69, 9.17) is 9.84 Å². The Morgan fingerprint density at radius 2 is 1.60 bits per heavy atom. The van der Waals surface area contributed by atoms with E-state index in [1.165, 1.54) is 67.2 Å². The van der Waals surface area contributed by atoms with Gasteiger partial charge in [0.25, 0.3) is 0 Å². The average molecular weight is 559 g/mol. The number of ether oxygens (including phenoxy) is 1. The van der Waals surface area contributed by atoms with E-state index in [1.54, 1.807) is 6.92 Å². The van der Waals surface area contributed by atoms with Crippen LogP contribution in [0.3, 0.4) is 0 Å². The third-order valence-electron chi connectivity index (χ3n) is 8.68. The van der Waals surface area contributed by atoms with E-state index in [0.29, 0.717) is 12.3 Å². The summed E-state index contributed by atoms with van der Waals surface area (Å²) < 4.78 is 6.34. The zero-order valence-corrected chi connectivity index (χ0v) is 27.1. The van der Waals surface area contributed by atoms with Crippen molar-refractivity contribution in [1.29, 1.82) is 0 Å². The molecule has 2 N–H and O–H groups in total. The number of unbranched alkanes of at least 4 members (excludes halogenated alkanes) is 5. The standard InChI is InChI=1S/C36H62O4/c1-8-9-10-11-12-13-25-40-35-32(7)31(6)34(37)26-33(35)24-23-29(4)20-15-19-27(2)17-14-18-28(3)21-16-22-30(5)36(38)39/h17,21,26,29-31,34,37H,8-16,18-20,22-25H2,1-7H3,(H,38,39)/b27-17+,28-21+. The number of rotatable bonds is 22. The molecule has 0 aromatic rings. The van der Waals surface area contributed by atoms with Crippen LogP contribution in [0.2, 0.25) is 0 Å². The fourth-order valence-electron chi connectivity index (χ4n) is 5.33. The number of aliphatic hydroxyl groups excluding tert-OH is 1. The van der Waals surface area contributed by atoms with Crippen LogP contribution in [0.15, 0.2) is 46.3 Å². The first-order valence-electron chi connectivity index (χ1n) is 16.3. The Kier molecular flexibility index (Phi) is 19.0. The van der Waals surface area contributed by atoms with Crippen molar-refractivity contribution in [1.82, 2.24) is 0 Å². The predicted molar refractivity (Wildman–Crippen MR) is 170 cm³/mol. The van der Waals surface area contributed by atoms with E-state index in [1.807, 2.05) is 0 Å². The van der Waals surface area contributed by atoms with Crippen LogP contribution in [0, 0.1) is 17.8 Å². The van der Waals surface area contributed by atoms with Gasteiger partial charge in [-0.2, -0.15) is 0 Å². The number of aliphatic carboxylic acids is 1. The van der Waals surface area contributed by atoms with Gasteiger partial charge in [0.15, 0.2) is 0 Å². The number of carboxylic acid groups (broad SMARTS) is 1. The van der Waals surface area contributed by atoms with Gasteiger partial charge >= 0.3 is 5.97 Å². The van der Waals surface area contributed by atoms with Crippen LogP contribution in [0.4, 0.5) is 0 Å². The second-order valence-electron chi connectivity index (χ2n) is 12.6. The number of hydrogen-bond acceptors (Lipinski definition) is 3. The highest BCUT2D eigenvalue weighted by atomic mass is 16.5. The summed E-state index contributed by atoms with van der Waals surface area (Å²) in [6.45, 7) is 15.8. The summed E-state index contributed by atoms with van der Waals surface area (Å²) in [5, 5.41) is 19.6. The lowest BCUT2D eigenvalue weighted by Gasteiger charge is -2.29. The summed E-state index contributed by atoms with van der Waals surface area (Å²) in [5.74, 6) is 0.842. The van der Waals surface area contributed by atoms with Gasteiger partial charge in [0.2, 0.25) is 0 Å². The van der Waals surface area contributed by atoms with Gasteiger partial charge in [-0.1, -0.05) is 89.5 Å². The van der Waals surface area contributed by atoms with Crippen molar-refractivity contribution in [2.45, 2.75) is 151 Å². The molecule has 0 fully saturated rings. The second-order valence-corrected chi connectivity index (χ2v) is 12.6. The lowest BCUT2D eigenvalue weighted by molar-refractivity contribution is -0.141. The molecule has 0 spiro atoms. The normalized spacial score (nSPS) is 19.9. The molecule has 230 valence electrons. The van der Waals surface area contributed by atoms with E-state index < -0.39 is 12.1 Å². The van der Waals surface area contributed by atoms with E-state index >= 15 is 0 Å². The van der Waals surface area contributed by atoms with Gasteiger partial charge in [0.1, 0.15) is 5.76 Å². The molecule has 0 bridgehead atoms. The van der Waals surface area contributed by atoms with Crippen LogP contribution in [0.5, 0.6) is 0 Å². The van der Waals surface area contributed by atoms with Gasteiger partial charge < -0.3 is 14.9 Å². The van der Waals surface area contributed by atoms with Gasteiger partial charge in [0.05, 0.1) is 18.6 Å². The molecule has 0 saturated carbocycles. The molecule has 4 heteroatoms. The van der Waals surface area contributed by atoms with Crippen molar-refractivity contribution in [2.75, 3.05) is 6.61 Å². The third kappa shape index (κ3) is 15.3. The maximum atomic E-state index is 10.9. The molecule has 0 aromatic carbocycles. The topological polar surface area (TPSA) is 66.8 Å². The van der Waals surface area contributed by atoms with E-state index in [0.717, 1.165) is 57.3 Å². The molecule has 40 heavy (non-hydrogen) atoms. The molecule has 4 nitrogen and oxygen atoms in total. The Bertz CT molecular complexity index is 847.